The Kier molecular flexibility index (Phi) is 21.2. The third-order valence-corrected chi connectivity index (χ3v) is 8.82. The Morgan fingerprint density at radius 3 is 1.51 bits per heavy atom. The van der Waals surface area contributed by atoms with Crippen LogP contribution in [0.3, 0.4) is 0 Å². The number of aryl methyl sites for hydroxylation is 1. The van der Waals surface area contributed by atoms with Gasteiger partial charge in [-0.25, -0.2) is 4.68 Å². The van der Waals surface area contributed by atoms with Gasteiger partial charge in [0.15, 0.2) is 5.78 Å². The summed E-state index contributed by atoms with van der Waals surface area (Å²) in [6.45, 7) is 7.36. The Morgan fingerprint density at radius 1 is 0.579 bits per heavy atom. The predicted molar refractivity (Wildman–Crippen MR) is 214 cm³/mol. The molecule has 14 heteroatoms. The quantitative estimate of drug-likeness (QED) is 0.0567. The summed E-state index contributed by atoms with van der Waals surface area (Å²) in [4.78, 5) is 36.4. The van der Waals surface area contributed by atoms with E-state index in [1.54, 1.807) is 4.68 Å². The van der Waals surface area contributed by atoms with Crippen LogP contribution in [0.2, 0.25) is 0 Å². The number of aromatic nitrogens is 3. The first-order chi connectivity index (χ1) is 28.0. The molecule has 1 heterocycles. The molecule has 0 aliphatic carbocycles. The maximum Gasteiger partial charge on any atom is 0.221 e. The number of ether oxygens (including phenoxy) is 6. The molecule has 0 aliphatic heterocycles. The summed E-state index contributed by atoms with van der Waals surface area (Å²) in [5.74, 6) is -0.163. The van der Waals surface area contributed by atoms with Crippen molar-refractivity contribution < 1.29 is 42.8 Å². The molecule has 0 atom stereocenters. The van der Waals surface area contributed by atoms with Crippen molar-refractivity contribution in [3.8, 4) is 0 Å². The number of hydrogen-bond donors (Lipinski definition) is 2. The van der Waals surface area contributed by atoms with E-state index in [0.29, 0.717) is 105 Å². The maximum atomic E-state index is 13.4. The molecule has 1 aromatic heterocycles. The minimum atomic E-state index is -0.644. The van der Waals surface area contributed by atoms with Gasteiger partial charge in [-0.15, -0.1) is 5.10 Å². The minimum Gasteiger partial charge on any atom is -0.377 e. The molecule has 0 fully saturated rings. The molecule has 4 rings (SSSR count). The van der Waals surface area contributed by atoms with Gasteiger partial charge in [-0.1, -0.05) is 96.2 Å². The molecule has 0 saturated heterocycles. The average Bonchev–Trinajstić information content (AvgIpc) is 3.70. The summed E-state index contributed by atoms with van der Waals surface area (Å²) >= 11 is 0. The Hall–Kier alpha value is -4.83. The SMILES string of the molecule is CC(=O)COCCOCCOCCNC(=O)CCc1cn(CCOCCOCCOCCNC(=O)CC(c2ccccc2)(c2ccccc2)c2ccccc2)nn1. The number of hydrogen-bond acceptors (Lipinski definition) is 11. The van der Waals surface area contributed by atoms with E-state index in [9.17, 15) is 14.4 Å². The predicted octanol–water partition coefficient (Wildman–Crippen LogP) is 3.56. The highest BCUT2D eigenvalue weighted by molar-refractivity contribution is 5.80. The van der Waals surface area contributed by atoms with E-state index in [4.69, 9.17) is 28.4 Å². The third-order valence-electron chi connectivity index (χ3n) is 8.82. The van der Waals surface area contributed by atoms with Crippen molar-refractivity contribution in [3.05, 3.63) is 120 Å². The topological polar surface area (TPSA) is 161 Å². The molecular formula is C43H57N5O9. The zero-order valence-corrected chi connectivity index (χ0v) is 33.0. The normalized spacial score (nSPS) is 11.4. The van der Waals surface area contributed by atoms with Crippen LogP contribution in [0.15, 0.2) is 97.2 Å². The van der Waals surface area contributed by atoms with E-state index < -0.39 is 5.41 Å². The molecule has 3 aromatic carbocycles. The summed E-state index contributed by atoms with van der Waals surface area (Å²) in [6.07, 6.45) is 2.85. The lowest BCUT2D eigenvalue weighted by molar-refractivity contribution is -0.122. The van der Waals surface area contributed by atoms with Gasteiger partial charge in [-0.05, 0) is 23.6 Å². The van der Waals surface area contributed by atoms with E-state index in [1.807, 2.05) is 60.8 Å². The van der Waals surface area contributed by atoms with Crippen LogP contribution < -0.4 is 10.6 Å². The molecule has 0 unspecified atom stereocenters. The van der Waals surface area contributed by atoms with Crippen molar-refractivity contribution in [3.63, 3.8) is 0 Å². The number of nitrogens with one attached hydrogen (secondary N) is 2. The molecule has 0 bridgehead atoms. The van der Waals surface area contributed by atoms with E-state index in [0.717, 1.165) is 22.4 Å². The Bertz CT molecular complexity index is 1600. The Balaban J connectivity index is 0.991. The monoisotopic (exact) mass is 787 g/mol. The number of carbonyl (C=O) groups is 3. The number of Topliss-reactive ketones (excluding diaryl/α,β-unsaturated/α-hetero) is 1. The molecule has 0 radical (unpaired) electrons. The van der Waals surface area contributed by atoms with Gasteiger partial charge in [0, 0.05) is 38.5 Å². The fourth-order valence-corrected chi connectivity index (χ4v) is 6.05. The molecule has 14 nitrogen and oxygen atoms in total. The van der Waals surface area contributed by atoms with Crippen molar-refractivity contribution in [1.29, 1.82) is 0 Å². The first-order valence-electron chi connectivity index (χ1n) is 19.5. The summed E-state index contributed by atoms with van der Waals surface area (Å²) in [6, 6.07) is 30.6. The van der Waals surface area contributed by atoms with Gasteiger partial charge in [0.25, 0.3) is 0 Å². The van der Waals surface area contributed by atoms with E-state index in [2.05, 4.69) is 57.3 Å². The highest BCUT2D eigenvalue weighted by Crippen LogP contribution is 2.42. The maximum absolute atomic E-state index is 13.4. The van der Waals surface area contributed by atoms with Gasteiger partial charge in [-0.2, -0.15) is 0 Å². The second kappa shape index (κ2) is 26.9. The van der Waals surface area contributed by atoms with Crippen molar-refractivity contribution in [2.24, 2.45) is 0 Å². The molecule has 308 valence electrons. The molecule has 2 N–H and O–H groups in total. The molecule has 57 heavy (non-hydrogen) atoms. The van der Waals surface area contributed by atoms with Crippen LogP contribution in [0, 0.1) is 0 Å². The number of rotatable bonds is 31. The minimum absolute atomic E-state index is 0.0187. The standard InChI is InChI=1S/C43H57N5O9/c1-36(49)35-57-32-31-56-29-26-52-22-19-44-41(50)18-17-40-34-48(47-46-40)21-24-54-27-30-55-28-25-53-23-20-45-42(51)33-43(37-11-5-2-6-12-37,38-13-7-3-8-14-38)39-15-9-4-10-16-39/h2-16,34H,17-33,35H2,1H3,(H,44,50)(H,45,51). The van der Waals surface area contributed by atoms with E-state index in [1.165, 1.54) is 6.92 Å². The summed E-state index contributed by atoms with van der Waals surface area (Å²) < 4.78 is 34.6. The number of benzene rings is 3. The smallest absolute Gasteiger partial charge is 0.221 e. The largest absolute Gasteiger partial charge is 0.377 e. The van der Waals surface area contributed by atoms with Crippen molar-refractivity contribution in [2.75, 3.05) is 92.4 Å². The fraction of sp³-hybridized carbons (Fsp3) is 0.465. The van der Waals surface area contributed by atoms with Gasteiger partial charge in [-0.3, -0.25) is 14.4 Å². The van der Waals surface area contributed by atoms with Crippen LogP contribution in [-0.2, 0) is 61.2 Å². The first-order valence-corrected chi connectivity index (χ1v) is 19.5. The molecule has 0 spiro atoms. The van der Waals surface area contributed by atoms with E-state index in [-0.39, 0.29) is 30.6 Å². The van der Waals surface area contributed by atoms with Crippen LogP contribution in [-0.4, -0.2) is 125 Å². The second-order valence-corrected chi connectivity index (χ2v) is 13.2. The Morgan fingerprint density at radius 2 is 1.02 bits per heavy atom. The molecule has 4 aromatic rings. The second-order valence-electron chi connectivity index (χ2n) is 13.2. The van der Waals surface area contributed by atoms with Gasteiger partial charge in [0.1, 0.15) is 6.61 Å². The van der Waals surface area contributed by atoms with Crippen LogP contribution in [0.4, 0.5) is 0 Å². The lowest BCUT2D eigenvalue weighted by atomic mass is 9.67. The number of carbonyl (C=O) groups excluding carboxylic acids is 3. The van der Waals surface area contributed by atoms with Crippen LogP contribution in [0.25, 0.3) is 0 Å². The highest BCUT2D eigenvalue weighted by Gasteiger charge is 2.38. The molecule has 2 amide bonds. The third kappa shape index (κ3) is 17.1. The lowest BCUT2D eigenvalue weighted by Crippen LogP contribution is -2.38. The van der Waals surface area contributed by atoms with Crippen molar-refractivity contribution in [1.82, 2.24) is 25.6 Å². The van der Waals surface area contributed by atoms with E-state index >= 15 is 0 Å². The van der Waals surface area contributed by atoms with Gasteiger partial charge in [0.2, 0.25) is 11.8 Å². The summed E-state index contributed by atoms with van der Waals surface area (Å²) in [5.41, 5.74) is 3.26. The van der Waals surface area contributed by atoms with Gasteiger partial charge >= 0.3 is 0 Å². The van der Waals surface area contributed by atoms with Crippen molar-refractivity contribution in [2.45, 2.75) is 38.1 Å². The van der Waals surface area contributed by atoms with Gasteiger partial charge < -0.3 is 39.1 Å². The zero-order chi connectivity index (χ0) is 40.2. The molecule has 0 saturated carbocycles. The lowest BCUT2D eigenvalue weighted by Gasteiger charge is -2.35. The van der Waals surface area contributed by atoms with Crippen molar-refractivity contribution >= 4 is 17.6 Å². The number of ketones is 1. The van der Waals surface area contributed by atoms with Crippen LogP contribution in [0.1, 0.15) is 42.1 Å². The fourth-order valence-electron chi connectivity index (χ4n) is 6.05. The average molecular weight is 788 g/mol. The van der Waals surface area contributed by atoms with Crippen LogP contribution in [0.5, 0.6) is 0 Å². The van der Waals surface area contributed by atoms with Crippen LogP contribution >= 0.6 is 0 Å². The molecular weight excluding hydrogens is 730 g/mol. The first kappa shape index (κ1) is 44.9. The zero-order valence-electron chi connectivity index (χ0n) is 33.0. The van der Waals surface area contributed by atoms with Gasteiger partial charge in [0.05, 0.1) is 90.3 Å². The summed E-state index contributed by atoms with van der Waals surface area (Å²) in [7, 11) is 0. The highest BCUT2D eigenvalue weighted by atomic mass is 16.5. The number of amides is 2. The molecule has 0 aliphatic rings. The number of nitrogens with zero attached hydrogens (tertiary/aromatic N) is 3. The Labute approximate surface area is 335 Å². The summed E-state index contributed by atoms with van der Waals surface area (Å²) in [5, 5.41) is 14.1.